The fourth-order valence-corrected chi connectivity index (χ4v) is 6.99. The average Bonchev–Trinajstić information content (AvgIpc) is 3.24. The highest BCUT2D eigenvalue weighted by Crippen LogP contribution is 2.45. The van der Waals surface area contributed by atoms with Crippen LogP contribution >= 0.6 is 7.37 Å². The first-order valence-corrected chi connectivity index (χ1v) is 15.0. The van der Waals surface area contributed by atoms with E-state index in [-0.39, 0.29) is 37.1 Å². The molecule has 7 N–H and O–H groups in total. The molecular formula is C26H41N4O5P. The first kappa shape index (κ1) is 28.4. The summed E-state index contributed by atoms with van der Waals surface area (Å²) in [6.45, 7) is 3.48. The number of rotatable bonds is 12. The highest BCUT2D eigenvalue weighted by atomic mass is 31.2. The van der Waals surface area contributed by atoms with E-state index in [4.69, 9.17) is 5.73 Å². The zero-order chi connectivity index (χ0) is 26.3. The molecule has 0 saturated heterocycles. The van der Waals surface area contributed by atoms with Crippen LogP contribution in [-0.2, 0) is 20.6 Å². The van der Waals surface area contributed by atoms with Crippen LogP contribution in [0.3, 0.4) is 0 Å². The van der Waals surface area contributed by atoms with Crippen molar-refractivity contribution in [3.05, 3.63) is 36.0 Å². The number of carbonyl (C=O) groups is 2. The molecule has 1 saturated carbocycles. The summed E-state index contributed by atoms with van der Waals surface area (Å²) < 4.78 is 12.7. The lowest BCUT2D eigenvalue weighted by molar-refractivity contribution is -0.130. The van der Waals surface area contributed by atoms with Crippen molar-refractivity contribution in [1.29, 1.82) is 0 Å². The summed E-state index contributed by atoms with van der Waals surface area (Å²) in [6.07, 6.45) is 6.04. The molecule has 0 radical (unpaired) electrons. The number of amides is 2. The summed E-state index contributed by atoms with van der Waals surface area (Å²) in [4.78, 5) is 39.4. The number of hydrogen-bond acceptors (Lipinski definition) is 5. The van der Waals surface area contributed by atoms with E-state index in [0.717, 1.165) is 42.1 Å². The third-order valence-corrected chi connectivity index (χ3v) is 9.11. The number of nitrogens with one attached hydrogen (secondary N) is 3. The van der Waals surface area contributed by atoms with E-state index in [1.165, 1.54) is 6.42 Å². The summed E-state index contributed by atoms with van der Waals surface area (Å²) in [5.74, 6) is -0.801. The molecule has 4 unspecified atom stereocenters. The van der Waals surface area contributed by atoms with Crippen LogP contribution in [0.4, 0.5) is 0 Å². The molecule has 9 nitrogen and oxygen atoms in total. The molecule has 1 aliphatic carbocycles. The maximum Gasteiger partial charge on any atom is 0.243 e. The molecule has 200 valence electrons. The van der Waals surface area contributed by atoms with Crippen molar-refractivity contribution in [2.45, 2.75) is 70.6 Å². The fourth-order valence-electron chi connectivity index (χ4n) is 4.88. The van der Waals surface area contributed by atoms with Gasteiger partial charge in [-0.1, -0.05) is 51.3 Å². The van der Waals surface area contributed by atoms with Gasteiger partial charge in [-0.05, 0) is 36.3 Å². The zero-order valence-electron chi connectivity index (χ0n) is 21.3. The Balaban J connectivity index is 1.62. The lowest BCUT2D eigenvalue weighted by Crippen LogP contribution is -2.54. The van der Waals surface area contributed by atoms with Crippen molar-refractivity contribution in [3.8, 4) is 0 Å². The Labute approximate surface area is 213 Å². The standard InChI is InChI=1S/C26H41N4O5P/c1-17(2)24(27)26(33)30-23(12-19-13-28-22-11-7-6-10-21(19)22)25(32)29-14-20(31)16-36(34,35)15-18-8-4-3-5-9-18/h6-7,10-11,13,17-18,20,23-24,28,31H,3-5,8-9,12,14-16,27H2,1-2H3,(H,29,32)(H,30,33)(H,34,35). The molecular weight excluding hydrogens is 479 g/mol. The van der Waals surface area contributed by atoms with Crippen molar-refractivity contribution in [2.24, 2.45) is 17.6 Å². The molecule has 1 fully saturated rings. The van der Waals surface area contributed by atoms with Crippen molar-refractivity contribution in [1.82, 2.24) is 15.6 Å². The predicted octanol–water partition coefficient (Wildman–Crippen LogP) is 2.51. The smallest absolute Gasteiger partial charge is 0.243 e. The summed E-state index contributed by atoms with van der Waals surface area (Å²) >= 11 is 0. The minimum absolute atomic E-state index is 0.105. The molecule has 1 aliphatic rings. The molecule has 36 heavy (non-hydrogen) atoms. The SMILES string of the molecule is CC(C)C(N)C(=O)NC(Cc1c[nH]c2ccccc12)C(=O)NCC(O)CP(=O)(O)CC1CCCCC1. The number of aliphatic hydroxyl groups excluding tert-OH is 1. The Bertz CT molecular complexity index is 1070. The molecule has 3 rings (SSSR count). The Kier molecular flexibility index (Phi) is 10.1. The van der Waals surface area contributed by atoms with Crippen LogP contribution in [0.15, 0.2) is 30.5 Å². The summed E-state index contributed by atoms with van der Waals surface area (Å²) in [7, 11) is -3.51. The van der Waals surface area contributed by atoms with Crippen molar-refractivity contribution >= 4 is 30.1 Å². The van der Waals surface area contributed by atoms with Gasteiger partial charge in [0.15, 0.2) is 0 Å². The van der Waals surface area contributed by atoms with Crippen molar-refractivity contribution in [2.75, 3.05) is 18.9 Å². The number of aliphatic hydroxyl groups is 1. The number of hydrogen-bond donors (Lipinski definition) is 6. The average molecular weight is 521 g/mol. The largest absolute Gasteiger partial charge is 0.391 e. The van der Waals surface area contributed by atoms with E-state index in [9.17, 15) is 24.2 Å². The number of para-hydroxylation sites is 1. The quantitative estimate of drug-likeness (QED) is 0.236. The monoisotopic (exact) mass is 520 g/mol. The van der Waals surface area contributed by atoms with Gasteiger partial charge in [0, 0.05) is 36.2 Å². The Morgan fingerprint density at radius 1 is 1.17 bits per heavy atom. The van der Waals surface area contributed by atoms with Gasteiger partial charge in [-0.2, -0.15) is 0 Å². The molecule has 2 aromatic rings. The lowest BCUT2D eigenvalue weighted by Gasteiger charge is -2.25. The molecule has 0 aliphatic heterocycles. The number of benzene rings is 1. The van der Waals surface area contributed by atoms with Gasteiger partial charge in [-0.3, -0.25) is 14.2 Å². The van der Waals surface area contributed by atoms with E-state index in [1.54, 1.807) is 0 Å². The normalized spacial score (nSPS) is 18.9. The van der Waals surface area contributed by atoms with Crippen LogP contribution in [0.5, 0.6) is 0 Å². The van der Waals surface area contributed by atoms with E-state index >= 15 is 0 Å². The number of aromatic nitrogens is 1. The molecule has 1 aromatic carbocycles. The molecule has 4 atom stereocenters. The van der Waals surface area contributed by atoms with Gasteiger partial charge in [0.25, 0.3) is 0 Å². The summed E-state index contributed by atoms with van der Waals surface area (Å²) in [5, 5.41) is 16.8. The zero-order valence-corrected chi connectivity index (χ0v) is 22.2. The predicted molar refractivity (Wildman–Crippen MR) is 142 cm³/mol. The Hall–Kier alpha value is -2.19. The van der Waals surface area contributed by atoms with Crippen LogP contribution in [0.25, 0.3) is 10.9 Å². The van der Waals surface area contributed by atoms with E-state index in [0.29, 0.717) is 0 Å². The third-order valence-electron chi connectivity index (χ3n) is 7.03. The van der Waals surface area contributed by atoms with Gasteiger partial charge in [0.2, 0.25) is 19.2 Å². The Morgan fingerprint density at radius 2 is 1.86 bits per heavy atom. The molecule has 1 aromatic heterocycles. The van der Waals surface area contributed by atoms with Gasteiger partial charge in [0.1, 0.15) is 6.04 Å². The third kappa shape index (κ3) is 8.17. The Morgan fingerprint density at radius 3 is 2.56 bits per heavy atom. The highest BCUT2D eigenvalue weighted by Gasteiger charge is 2.30. The van der Waals surface area contributed by atoms with Crippen LogP contribution in [0.2, 0.25) is 0 Å². The fraction of sp³-hybridized carbons (Fsp3) is 0.615. The number of aromatic amines is 1. The topological polar surface area (TPSA) is 158 Å². The van der Waals surface area contributed by atoms with Crippen molar-refractivity contribution in [3.63, 3.8) is 0 Å². The number of carbonyl (C=O) groups excluding carboxylic acids is 2. The number of H-pyrrole nitrogens is 1. The summed E-state index contributed by atoms with van der Waals surface area (Å²) in [5.41, 5.74) is 7.77. The lowest BCUT2D eigenvalue weighted by atomic mass is 9.91. The second-order valence-electron chi connectivity index (χ2n) is 10.5. The molecule has 2 amide bonds. The maximum atomic E-state index is 13.1. The van der Waals surface area contributed by atoms with Crippen LogP contribution in [0, 0.1) is 11.8 Å². The second-order valence-corrected chi connectivity index (χ2v) is 12.9. The van der Waals surface area contributed by atoms with Crippen molar-refractivity contribution < 1.29 is 24.2 Å². The number of fused-ring (bicyclic) bond motifs is 1. The van der Waals surface area contributed by atoms with E-state index in [1.807, 2.05) is 44.3 Å². The minimum atomic E-state index is -3.51. The molecule has 10 heteroatoms. The second kappa shape index (κ2) is 12.9. The van der Waals surface area contributed by atoms with E-state index in [2.05, 4.69) is 15.6 Å². The first-order valence-electron chi connectivity index (χ1n) is 12.9. The van der Waals surface area contributed by atoms with Gasteiger partial charge in [-0.15, -0.1) is 0 Å². The first-order chi connectivity index (χ1) is 17.1. The molecule has 0 spiro atoms. The van der Waals surface area contributed by atoms with Gasteiger partial charge in [-0.25, -0.2) is 0 Å². The summed E-state index contributed by atoms with van der Waals surface area (Å²) in [6, 6.07) is 5.99. The highest BCUT2D eigenvalue weighted by molar-refractivity contribution is 7.58. The van der Waals surface area contributed by atoms with Crippen LogP contribution < -0.4 is 16.4 Å². The maximum absolute atomic E-state index is 13.1. The van der Waals surface area contributed by atoms with Crippen LogP contribution in [0.1, 0.15) is 51.5 Å². The van der Waals surface area contributed by atoms with Crippen LogP contribution in [-0.4, -0.2) is 63.9 Å². The minimum Gasteiger partial charge on any atom is -0.391 e. The number of nitrogens with two attached hydrogens (primary N) is 1. The van der Waals surface area contributed by atoms with Gasteiger partial charge < -0.3 is 31.4 Å². The van der Waals surface area contributed by atoms with Gasteiger partial charge in [0.05, 0.1) is 18.3 Å². The van der Waals surface area contributed by atoms with Gasteiger partial charge >= 0.3 is 0 Å². The molecule has 0 bridgehead atoms. The van der Waals surface area contributed by atoms with E-state index < -0.39 is 37.4 Å². The molecule has 1 heterocycles.